The van der Waals surface area contributed by atoms with E-state index >= 15 is 0 Å². The maximum absolute atomic E-state index is 12.2. The normalized spacial score (nSPS) is 12.2. The maximum atomic E-state index is 12.2. The first-order valence-electron chi connectivity index (χ1n) is 5.83. The molecule has 0 spiro atoms. The van der Waals surface area contributed by atoms with Gasteiger partial charge in [-0.1, -0.05) is 30.3 Å². The molecule has 0 unspecified atom stereocenters. The van der Waals surface area contributed by atoms with E-state index in [1.165, 1.54) is 0 Å². The highest BCUT2D eigenvalue weighted by atomic mass is 16.1. The lowest BCUT2D eigenvalue weighted by Gasteiger charge is -2.05. The van der Waals surface area contributed by atoms with Crippen LogP contribution in [0, 0.1) is 0 Å². The lowest BCUT2D eigenvalue weighted by atomic mass is 10.1. The Kier molecular flexibility index (Phi) is 2.22. The lowest BCUT2D eigenvalue weighted by Crippen LogP contribution is -1.99. The van der Waals surface area contributed by atoms with Crippen molar-refractivity contribution in [1.82, 2.24) is 0 Å². The van der Waals surface area contributed by atoms with E-state index in [1.807, 2.05) is 49.4 Å². The summed E-state index contributed by atoms with van der Waals surface area (Å²) >= 11 is 0. The predicted octanol–water partition coefficient (Wildman–Crippen LogP) is 3.33. The van der Waals surface area contributed by atoms with Crippen molar-refractivity contribution in [1.29, 1.82) is 0 Å². The van der Waals surface area contributed by atoms with Gasteiger partial charge in [0, 0.05) is 23.4 Å². The SMILES string of the molecule is CCNc1ccc2c(c1)C(=O)c1ccccc1-2. The van der Waals surface area contributed by atoms with Crippen LogP contribution >= 0.6 is 0 Å². The molecular formula is C15H13NO. The molecule has 0 saturated carbocycles. The summed E-state index contributed by atoms with van der Waals surface area (Å²) in [4.78, 5) is 12.2. The molecule has 2 heteroatoms. The average Bonchev–Trinajstić information content (AvgIpc) is 2.65. The predicted molar refractivity (Wildman–Crippen MR) is 69.5 cm³/mol. The first-order chi connectivity index (χ1) is 8.31. The summed E-state index contributed by atoms with van der Waals surface area (Å²) in [5.41, 5.74) is 4.73. The second-order valence-electron chi connectivity index (χ2n) is 4.17. The quantitative estimate of drug-likeness (QED) is 0.722. The van der Waals surface area contributed by atoms with Crippen LogP contribution in [0.15, 0.2) is 42.5 Å². The first-order valence-corrected chi connectivity index (χ1v) is 5.83. The van der Waals surface area contributed by atoms with Gasteiger partial charge in [-0.05, 0) is 30.2 Å². The molecule has 0 saturated heterocycles. The van der Waals surface area contributed by atoms with Gasteiger partial charge in [0.25, 0.3) is 0 Å². The lowest BCUT2D eigenvalue weighted by molar-refractivity contribution is 0.104. The topological polar surface area (TPSA) is 29.1 Å². The summed E-state index contributed by atoms with van der Waals surface area (Å²) in [6.07, 6.45) is 0. The van der Waals surface area contributed by atoms with Crippen LogP contribution in [0.5, 0.6) is 0 Å². The van der Waals surface area contributed by atoms with Crippen LogP contribution in [0.1, 0.15) is 22.8 Å². The molecule has 84 valence electrons. The van der Waals surface area contributed by atoms with Gasteiger partial charge in [-0.3, -0.25) is 4.79 Å². The van der Waals surface area contributed by atoms with E-state index in [1.54, 1.807) is 0 Å². The Hall–Kier alpha value is -2.09. The number of carbonyl (C=O) groups is 1. The zero-order chi connectivity index (χ0) is 11.8. The van der Waals surface area contributed by atoms with Gasteiger partial charge in [0.1, 0.15) is 0 Å². The third kappa shape index (κ3) is 1.45. The van der Waals surface area contributed by atoms with Gasteiger partial charge in [0.05, 0.1) is 0 Å². The Morgan fingerprint density at radius 1 is 0.941 bits per heavy atom. The highest BCUT2D eigenvalue weighted by Crippen LogP contribution is 2.37. The zero-order valence-corrected chi connectivity index (χ0v) is 9.66. The molecule has 0 heterocycles. The minimum atomic E-state index is 0.135. The third-order valence-electron chi connectivity index (χ3n) is 3.11. The molecule has 3 rings (SSSR count). The van der Waals surface area contributed by atoms with Crippen LogP contribution in [0.3, 0.4) is 0 Å². The highest BCUT2D eigenvalue weighted by molar-refractivity contribution is 6.22. The molecule has 1 aliphatic rings. The van der Waals surface area contributed by atoms with Gasteiger partial charge in [-0.25, -0.2) is 0 Å². The van der Waals surface area contributed by atoms with E-state index in [-0.39, 0.29) is 5.78 Å². The van der Waals surface area contributed by atoms with E-state index in [9.17, 15) is 4.79 Å². The van der Waals surface area contributed by atoms with Crippen molar-refractivity contribution >= 4 is 11.5 Å². The number of hydrogen-bond donors (Lipinski definition) is 1. The van der Waals surface area contributed by atoms with Gasteiger partial charge in [-0.15, -0.1) is 0 Å². The van der Waals surface area contributed by atoms with E-state index in [2.05, 4.69) is 5.32 Å². The standard InChI is InChI=1S/C15H13NO/c1-2-16-10-7-8-12-11-5-3-4-6-13(11)15(17)14(12)9-10/h3-9,16H,2H2,1H3. The largest absolute Gasteiger partial charge is 0.385 e. The molecular weight excluding hydrogens is 210 g/mol. The third-order valence-corrected chi connectivity index (χ3v) is 3.11. The van der Waals surface area contributed by atoms with Crippen molar-refractivity contribution in [2.24, 2.45) is 0 Å². The zero-order valence-electron chi connectivity index (χ0n) is 9.66. The van der Waals surface area contributed by atoms with Crippen LogP contribution in [0.4, 0.5) is 5.69 Å². The van der Waals surface area contributed by atoms with Crippen molar-refractivity contribution < 1.29 is 4.79 Å². The number of anilines is 1. The number of ketones is 1. The Balaban J connectivity index is 2.17. The monoisotopic (exact) mass is 223 g/mol. The minimum Gasteiger partial charge on any atom is -0.385 e. The summed E-state index contributed by atoms with van der Waals surface area (Å²) in [6, 6.07) is 13.8. The van der Waals surface area contributed by atoms with Crippen LogP contribution < -0.4 is 5.32 Å². The number of nitrogens with one attached hydrogen (secondary N) is 1. The van der Waals surface area contributed by atoms with Crippen LogP contribution in [0.2, 0.25) is 0 Å². The molecule has 1 aliphatic carbocycles. The van der Waals surface area contributed by atoms with E-state index < -0.39 is 0 Å². The Bertz CT molecular complexity index is 602. The Morgan fingerprint density at radius 3 is 2.41 bits per heavy atom. The number of fused-ring (bicyclic) bond motifs is 3. The molecule has 0 aromatic heterocycles. The van der Waals surface area contributed by atoms with Gasteiger partial charge in [-0.2, -0.15) is 0 Å². The van der Waals surface area contributed by atoms with Gasteiger partial charge >= 0.3 is 0 Å². The molecule has 2 aromatic carbocycles. The van der Waals surface area contributed by atoms with Crippen molar-refractivity contribution in [3.05, 3.63) is 53.6 Å². The molecule has 0 fully saturated rings. The summed E-state index contributed by atoms with van der Waals surface area (Å²) < 4.78 is 0. The molecule has 0 radical (unpaired) electrons. The van der Waals surface area contributed by atoms with Crippen LogP contribution in [-0.2, 0) is 0 Å². The van der Waals surface area contributed by atoms with E-state index in [0.29, 0.717) is 0 Å². The van der Waals surface area contributed by atoms with Crippen molar-refractivity contribution in [3.63, 3.8) is 0 Å². The number of rotatable bonds is 2. The number of benzene rings is 2. The fourth-order valence-electron chi connectivity index (χ4n) is 2.34. The van der Waals surface area contributed by atoms with Crippen molar-refractivity contribution in [2.45, 2.75) is 6.92 Å². The second kappa shape index (κ2) is 3.74. The van der Waals surface area contributed by atoms with Crippen LogP contribution in [0.25, 0.3) is 11.1 Å². The molecule has 1 N–H and O–H groups in total. The summed E-state index contributed by atoms with van der Waals surface area (Å²) in [7, 11) is 0. The molecule has 2 aromatic rings. The van der Waals surface area contributed by atoms with E-state index in [4.69, 9.17) is 0 Å². The molecule has 0 bridgehead atoms. The molecule has 0 aliphatic heterocycles. The summed E-state index contributed by atoms with van der Waals surface area (Å²) in [5.74, 6) is 0.135. The number of hydrogen-bond acceptors (Lipinski definition) is 2. The molecule has 17 heavy (non-hydrogen) atoms. The van der Waals surface area contributed by atoms with Crippen molar-refractivity contribution in [2.75, 3.05) is 11.9 Å². The summed E-state index contributed by atoms with van der Waals surface area (Å²) in [6.45, 7) is 2.91. The van der Waals surface area contributed by atoms with Gasteiger partial charge in [0.15, 0.2) is 5.78 Å². The van der Waals surface area contributed by atoms with Gasteiger partial charge < -0.3 is 5.32 Å². The number of carbonyl (C=O) groups excluding carboxylic acids is 1. The van der Waals surface area contributed by atoms with Gasteiger partial charge in [0.2, 0.25) is 0 Å². The second-order valence-corrected chi connectivity index (χ2v) is 4.17. The molecule has 0 atom stereocenters. The highest BCUT2D eigenvalue weighted by Gasteiger charge is 2.25. The minimum absolute atomic E-state index is 0.135. The smallest absolute Gasteiger partial charge is 0.194 e. The Morgan fingerprint density at radius 2 is 1.65 bits per heavy atom. The fraction of sp³-hybridized carbons (Fsp3) is 0.133. The summed E-state index contributed by atoms with van der Waals surface area (Å²) in [5, 5.41) is 3.23. The Labute approximate surface area is 100 Å². The average molecular weight is 223 g/mol. The van der Waals surface area contributed by atoms with Crippen molar-refractivity contribution in [3.8, 4) is 11.1 Å². The molecule has 0 amide bonds. The van der Waals surface area contributed by atoms with Crippen LogP contribution in [-0.4, -0.2) is 12.3 Å². The van der Waals surface area contributed by atoms with E-state index in [0.717, 1.165) is 34.5 Å². The first kappa shape index (κ1) is 10.1. The molecule has 2 nitrogen and oxygen atoms in total. The fourth-order valence-corrected chi connectivity index (χ4v) is 2.34. The maximum Gasteiger partial charge on any atom is 0.194 e.